The molecular weight excluding hydrogens is 282 g/mol. The molecule has 2 heterocycles. The maximum atomic E-state index is 12.0. The standard InChI is InChI=1S/C16H25N3O3/c1-11(2)16(20)19-7-5-13(9-19)15-17-14(18-22-15)6-8-21-10-12-3-4-12/h11-13H,3-10H2,1-2H3. The summed E-state index contributed by atoms with van der Waals surface area (Å²) in [5.41, 5.74) is 0. The molecule has 6 heteroatoms. The van der Waals surface area contributed by atoms with E-state index in [2.05, 4.69) is 10.1 Å². The highest BCUT2D eigenvalue weighted by Gasteiger charge is 2.31. The van der Waals surface area contributed by atoms with Crippen LogP contribution in [0.4, 0.5) is 0 Å². The first-order valence-corrected chi connectivity index (χ1v) is 8.32. The van der Waals surface area contributed by atoms with Gasteiger partial charge in [0.2, 0.25) is 11.8 Å². The van der Waals surface area contributed by atoms with Crippen LogP contribution in [0.3, 0.4) is 0 Å². The van der Waals surface area contributed by atoms with Crippen molar-refractivity contribution in [2.24, 2.45) is 11.8 Å². The summed E-state index contributed by atoms with van der Waals surface area (Å²) in [6, 6.07) is 0. The second-order valence-electron chi connectivity index (χ2n) is 6.74. The Kier molecular flexibility index (Phi) is 4.76. The third kappa shape index (κ3) is 3.85. The van der Waals surface area contributed by atoms with E-state index >= 15 is 0 Å². The summed E-state index contributed by atoms with van der Waals surface area (Å²) in [6.45, 7) is 6.85. The van der Waals surface area contributed by atoms with Gasteiger partial charge in [-0.05, 0) is 25.2 Å². The summed E-state index contributed by atoms with van der Waals surface area (Å²) in [5.74, 6) is 2.58. The Labute approximate surface area is 131 Å². The minimum Gasteiger partial charge on any atom is -0.381 e. The van der Waals surface area contributed by atoms with E-state index in [1.165, 1.54) is 12.8 Å². The summed E-state index contributed by atoms with van der Waals surface area (Å²) < 4.78 is 11.0. The van der Waals surface area contributed by atoms with Crippen LogP contribution >= 0.6 is 0 Å². The average Bonchev–Trinajstić information content (AvgIpc) is 3.01. The molecule has 22 heavy (non-hydrogen) atoms. The van der Waals surface area contributed by atoms with Gasteiger partial charge in [0.25, 0.3) is 0 Å². The SMILES string of the molecule is CC(C)C(=O)N1CCC(c2nc(CCOCC3CC3)no2)C1. The Morgan fingerprint density at radius 2 is 2.23 bits per heavy atom. The average molecular weight is 307 g/mol. The van der Waals surface area contributed by atoms with Crippen LogP contribution in [-0.4, -0.2) is 47.3 Å². The molecule has 1 saturated heterocycles. The number of aromatic nitrogens is 2. The van der Waals surface area contributed by atoms with Gasteiger partial charge in [0, 0.05) is 32.0 Å². The van der Waals surface area contributed by atoms with E-state index in [1.807, 2.05) is 18.7 Å². The van der Waals surface area contributed by atoms with Crippen molar-refractivity contribution in [1.29, 1.82) is 0 Å². The Balaban J connectivity index is 1.45. The molecule has 0 bridgehead atoms. The van der Waals surface area contributed by atoms with Gasteiger partial charge in [-0.25, -0.2) is 0 Å². The highest BCUT2D eigenvalue weighted by molar-refractivity contribution is 5.78. The lowest BCUT2D eigenvalue weighted by Gasteiger charge is -2.17. The molecule has 0 N–H and O–H groups in total. The Morgan fingerprint density at radius 3 is 2.95 bits per heavy atom. The Bertz CT molecular complexity index is 510. The minimum atomic E-state index is 0.0422. The Morgan fingerprint density at radius 1 is 1.41 bits per heavy atom. The first kappa shape index (κ1) is 15.5. The molecular formula is C16H25N3O3. The van der Waals surface area contributed by atoms with E-state index in [0.717, 1.165) is 25.5 Å². The second-order valence-corrected chi connectivity index (χ2v) is 6.74. The number of likely N-dealkylation sites (tertiary alicyclic amines) is 1. The lowest BCUT2D eigenvalue weighted by Crippen LogP contribution is -2.31. The monoisotopic (exact) mass is 307 g/mol. The molecule has 1 aliphatic heterocycles. The number of nitrogens with zero attached hydrogens (tertiary/aromatic N) is 3. The maximum absolute atomic E-state index is 12.0. The van der Waals surface area contributed by atoms with Gasteiger partial charge in [-0.1, -0.05) is 19.0 Å². The molecule has 0 aromatic carbocycles. The van der Waals surface area contributed by atoms with Crippen molar-refractivity contribution >= 4 is 5.91 Å². The zero-order valence-electron chi connectivity index (χ0n) is 13.5. The number of hydrogen-bond acceptors (Lipinski definition) is 5. The molecule has 1 amide bonds. The van der Waals surface area contributed by atoms with Gasteiger partial charge in [-0.3, -0.25) is 4.79 Å². The van der Waals surface area contributed by atoms with Crippen LogP contribution in [0.25, 0.3) is 0 Å². The van der Waals surface area contributed by atoms with Gasteiger partial charge in [-0.15, -0.1) is 0 Å². The topological polar surface area (TPSA) is 68.5 Å². The van der Waals surface area contributed by atoms with Gasteiger partial charge in [0.05, 0.1) is 12.5 Å². The van der Waals surface area contributed by atoms with Crippen LogP contribution in [0, 0.1) is 11.8 Å². The fraction of sp³-hybridized carbons (Fsp3) is 0.812. The van der Waals surface area contributed by atoms with Gasteiger partial charge >= 0.3 is 0 Å². The van der Waals surface area contributed by atoms with Crippen molar-refractivity contribution in [2.45, 2.75) is 45.4 Å². The molecule has 1 atom stereocenters. The third-order valence-corrected chi connectivity index (χ3v) is 4.35. The highest BCUT2D eigenvalue weighted by atomic mass is 16.5. The van der Waals surface area contributed by atoms with Gasteiger partial charge < -0.3 is 14.2 Å². The lowest BCUT2D eigenvalue weighted by molar-refractivity contribution is -0.133. The Hall–Kier alpha value is -1.43. The lowest BCUT2D eigenvalue weighted by atomic mass is 10.1. The van der Waals surface area contributed by atoms with Crippen LogP contribution in [0.5, 0.6) is 0 Å². The van der Waals surface area contributed by atoms with Crippen molar-refractivity contribution in [1.82, 2.24) is 15.0 Å². The van der Waals surface area contributed by atoms with Crippen LogP contribution in [0.2, 0.25) is 0 Å². The number of carbonyl (C=O) groups excluding carboxylic acids is 1. The van der Waals surface area contributed by atoms with Gasteiger partial charge in [0.15, 0.2) is 5.82 Å². The molecule has 1 aliphatic carbocycles. The summed E-state index contributed by atoms with van der Waals surface area (Å²) in [5, 5.41) is 4.03. The van der Waals surface area contributed by atoms with Crippen molar-refractivity contribution in [2.75, 3.05) is 26.3 Å². The van der Waals surface area contributed by atoms with Crippen LogP contribution in [0.1, 0.15) is 50.7 Å². The van der Waals surface area contributed by atoms with E-state index in [0.29, 0.717) is 31.3 Å². The summed E-state index contributed by atoms with van der Waals surface area (Å²) >= 11 is 0. The predicted molar refractivity (Wildman–Crippen MR) is 80.3 cm³/mol. The molecule has 1 unspecified atom stereocenters. The predicted octanol–water partition coefficient (Wildman–Crippen LogP) is 2.01. The summed E-state index contributed by atoms with van der Waals surface area (Å²) in [7, 11) is 0. The zero-order chi connectivity index (χ0) is 15.5. The quantitative estimate of drug-likeness (QED) is 0.721. The summed E-state index contributed by atoms with van der Waals surface area (Å²) in [4.78, 5) is 18.4. The van der Waals surface area contributed by atoms with E-state index in [4.69, 9.17) is 9.26 Å². The second kappa shape index (κ2) is 6.77. The van der Waals surface area contributed by atoms with E-state index in [9.17, 15) is 4.79 Å². The third-order valence-electron chi connectivity index (χ3n) is 4.35. The van der Waals surface area contributed by atoms with Gasteiger partial charge in [-0.2, -0.15) is 4.98 Å². The van der Waals surface area contributed by atoms with Crippen LogP contribution in [0.15, 0.2) is 4.52 Å². The number of rotatable bonds is 7. The number of ether oxygens (including phenoxy) is 1. The first-order chi connectivity index (χ1) is 10.6. The largest absolute Gasteiger partial charge is 0.381 e. The fourth-order valence-electron chi connectivity index (χ4n) is 2.76. The smallest absolute Gasteiger partial charge is 0.231 e. The molecule has 2 aliphatic rings. The molecule has 0 spiro atoms. The molecule has 0 radical (unpaired) electrons. The van der Waals surface area contributed by atoms with E-state index < -0.39 is 0 Å². The molecule has 122 valence electrons. The van der Waals surface area contributed by atoms with Gasteiger partial charge in [0.1, 0.15) is 0 Å². The fourth-order valence-corrected chi connectivity index (χ4v) is 2.76. The minimum absolute atomic E-state index is 0.0422. The molecule has 6 nitrogen and oxygen atoms in total. The molecule has 1 aromatic rings. The van der Waals surface area contributed by atoms with Crippen molar-refractivity contribution in [3.8, 4) is 0 Å². The maximum Gasteiger partial charge on any atom is 0.231 e. The van der Waals surface area contributed by atoms with Crippen LogP contribution < -0.4 is 0 Å². The summed E-state index contributed by atoms with van der Waals surface area (Å²) in [6.07, 6.45) is 4.20. The normalized spacial score (nSPS) is 21.8. The van der Waals surface area contributed by atoms with Crippen molar-refractivity contribution < 1.29 is 14.1 Å². The highest BCUT2D eigenvalue weighted by Crippen LogP contribution is 2.29. The number of hydrogen-bond donors (Lipinski definition) is 0. The van der Waals surface area contributed by atoms with Crippen molar-refractivity contribution in [3.63, 3.8) is 0 Å². The van der Waals surface area contributed by atoms with Crippen LogP contribution in [-0.2, 0) is 16.0 Å². The molecule has 2 fully saturated rings. The first-order valence-electron chi connectivity index (χ1n) is 8.32. The zero-order valence-corrected chi connectivity index (χ0v) is 13.5. The molecule has 3 rings (SSSR count). The molecule has 1 aromatic heterocycles. The number of carbonyl (C=O) groups is 1. The van der Waals surface area contributed by atoms with E-state index in [1.54, 1.807) is 0 Å². The molecule has 1 saturated carbocycles. The number of amides is 1. The van der Waals surface area contributed by atoms with E-state index in [-0.39, 0.29) is 17.7 Å². The van der Waals surface area contributed by atoms with Crippen molar-refractivity contribution in [3.05, 3.63) is 11.7 Å².